The zero-order valence-electron chi connectivity index (χ0n) is 13.3. The molecule has 2 N–H and O–H groups in total. The van der Waals surface area contributed by atoms with E-state index >= 15 is 0 Å². The first-order valence-electron chi connectivity index (χ1n) is 7.82. The predicted molar refractivity (Wildman–Crippen MR) is 83.9 cm³/mol. The Kier molecular flexibility index (Phi) is 5.48. The van der Waals surface area contributed by atoms with Crippen molar-refractivity contribution in [3.05, 3.63) is 23.8 Å². The number of aliphatic hydroxyl groups is 1. The first kappa shape index (κ1) is 16.1. The highest BCUT2D eigenvalue weighted by Crippen LogP contribution is 2.35. The molecule has 1 aliphatic rings. The third kappa shape index (κ3) is 4.61. The van der Waals surface area contributed by atoms with Gasteiger partial charge in [-0.15, -0.1) is 0 Å². The summed E-state index contributed by atoms with van der Waals surface area (Å²) in [4.78, 5) is 0. The maximum Gasteiger partial charge on any atom is 0.161 e. The van der Waals surface area contributed by atoms with Crippen LogP contribution in [-0.4, -0.2) is 31.4 Å². The summed E-state index contributed by atoms with van der Waals surface area (Å²) in [7, 11) is 0. The Labute approximate surface area is 127 Å². The third-order valence-electron chi connectivity index (χ3n) is 3.71. The number of hydrogen-bond donors (Lipinski definition) is 2. The number of hydrogen-bond acceptors (Lipinski definition) is 4. The van der Waals surface area contributed by atoms with Crippen molar-refractivity contribution in [1.82, 2.24) is 5.32 Å². The van der Waals surface area contributed by atoms with Gasteiger partial charge in [-0.1, -0.05) is 19.9 Å². The van der Waals surface area contributed by atoms with Gasteiger partial charge in [0.2, 0.25) is 0 Å². The van der Waals surface area contributed by atoms with Crippen molar-refractivity contribution in [1.29, 1.82) is 0 Å². The van der Waals surface area contributed by atoms with Crippen LogP contribution in [0.2, 0.25) is 0 Å². The molecule has 1 heterocycles. The van der Waals surface area contributed by atoms with Gasteiger partial charge in [-0.05, 0) is 50.0 Å². The van der Waals surface area contributed by atoms with E-state index in [9.17, 15) is 5.11 Å². The minimum absolute atomic E-state index is 0.619. The van der Waals surface area contributed by atoms with E-state index in [1.54, 1.807) is 0 Å². The largest absolute Gasteiger partial charge is 0.490 e. The van der Waals surface area contributed by atoms with Crippen molar-refractivity contribution in [2.75, 3.05) is 26.3 Å². The maximum atomic E-state index is 10.7. The zero-order valence-corrected chi connectivity index (χ0v) is 13.3. The molecule has 4 nitrogen and oxygen atoms in total. The summed E-state index contributed by atoms with van der Waals surface area (Å²) >= 11 is 0. The molecule has 0 radical (unpaired) electrons. The van der Waals surface area contributed by atoms with Gasteiger partial charge in [-0.25, -0.2) is 0 Å². The van der Waals surface area contributed by atoms with Gasteiger partial charge in [0.1, 0.15) is 0 Å². The SMILES string of the molecule is CC(C)CNCCC(C)(O)c1ccc2c(c1)OCCCO2. The highest BCUT2D eigenvalue weighted by atomic mass is 16.5. The van der Waals surface area contributed by atoms with Crippen LogP contribution in [-0.2, 0) is 5.60 Å². The number of rotatable bonds is 6. The minimum Gasteiger partial charge on any atom is -0.490 e. The second-order valence-electron chi connectivity index (χ2n) is 6.33. The summed E-state index contributed by atoms with van der Waals surface area (Å²) < 4.78 is 11.3. The van der Waals surface area contributed by atoms with Gasteiger partial charge in [0.05, 0.1) is 18.8 Å². The molecule has 4 heteroatoms. The molecule has 0 spiro atoms. The van der Waals surface area contributed by atoms with Gasteiger partial charge in [0, 0.05) is 6.42 Å². The third-order valence-corrected chi connectivity index (χ3v) is 3.71. The Balaban J connectivity index is 2.00. The first-order valence-corrected chi connectivity index (χ1v) is 7.82. The molecule has 1 aliphatic heterocycles. The van der Waals surface area contributed by atoms with E-state index < -0.39 is 5.60 Å². The van der Waals surface area contributed by atoms with Gasteiger partial charge in [0.15, 0.2) is 11.5 Å². The fourth-order valence-electron chi connectivity index (χ4n) is 2.37. The summed E-state index contributed by atoms with van der Waals surface area (Å²) in [5.74, 6) is 2.12. The van der Waals surface area contributed by atoms with E-state index in [0.717, 1.165) is 36.6 Å². The molecule has 0 fully saturated rings. The van der Waals surface area contributed by atoms with E-state index in [4.69, 9.17) is 9.47 Å². The van der Waals surface area contributed by atoms with Crippen LogP contribution < -0.4 is 14.8 Å². The van der Waals surface area contributed by atoms with Crippen LogP contribution in [0, 0.1) is 5.92 Å². The maximum absolute atomic E-state index is 10.7. The van der Waals surface area contributed by atoms with Gasteiger partial charge < -0.3 is 19.9 Å². The van der Waals surface area contributed by atoms with E-state index in [1.165, 1.54) is 0 Å². The summed E-state index contributed by atoms with van der Waals surface area (Å²) in [6.45, 7) is 9.31. The van der Waals surface area contributed by atoms with Crippen molar-refractivity contribution in [2.45, 2.75) is 39.2 Å². The zero-order chi connectivity index (χ0) is 15.3. The Bertz CT molecular complexity index is 457. The molecule has 0 amide bonds. The Hall–Kier alpha value is -1.26. The Morgan fingerprint density at radius 1 is 1.24 bits per heavy atom. The normalized spacial score (nSPS) is 17.4. The molecular formula is C17H27NO3. The summed E-state index contributed by atoms with van der Waals surface area (Å²) in [5.41, 5.74) is 0.00684. The topological polar surface area (TPSA) is 50.7 Å². The summed E-state index contributed by atoms with van der Waals surface area (Å²) in [5, 5.41) is 14.1. The lowest BCUT2D eigenvalue weighted by atomic mass is 9.92. The smallest absolute Gasteiger partial charge is 0.161 e. The average Bonchev–Trinajstić information content (AvgIpc) is 2.67. The standard InChI is InChI=1S/C17H27NO3/c1-13(2)12-18-8-7-17(3,19)14-5-6-15-16(11-14)21-10-4-9-20-15/h5-6,11,13,18-19H,4,7-10,12H2,1-3H3. The molecule has 0 saturated carbocycles. The predicted octanol–water partition coefficient (Wildman–Crippen LogP) is 2.69. The van der Waals surface area contributed by atoms with E-state index in [1.807, 2.05) is 25.1 Å². The Morgan fingerprint density at radius 2 is 1.95 bits per heavy atom. The molecule has 0 aliphatic carbocycles. The molecular weight excluding hydrogens is 266 g/mol. The summed E-state index contributed by atoms with van der Waals surface area (Å²) in [6.07, 6.45) is 1.55. The average molecular weight is 293 g/mol. The van der Waals surface area contributed by atoms with Crippen LogP contribution in [0.15, 0.2) is 18.2 Å². The number of benzene rings is 1. The van der Waals surface area contributed by atoms with Crippen molar-refractivity contribution >= 4 is 0 Å². The Morgan fingerprint density at radius 3 is 2.67 bits per heavy atom. The quantitative estimate of drug-likeness (QED) is 0.792. The molecule has 1 atom stereocenters. The second kappa shape index (κ2) is 7.14. The molecule has 0 bridgehead atoms. The van der Waals surface area contributed by atoms with Gasteiger partial charge in [0.25, 0.3) is 0 Å². The van der Waals surface area contributed by atoms with Crippen LogP contribution >= 0.6 is 0 Å². The van der Waals surface area contributed by atoms with Gasteiger partial charge in [-0.3, -0.25) is 0 Å². The molecule has 2 rings (SSSR count). The van der Waals surface area contributed by atoms with E-state index in [-0.39, 0.29) is 0 Å². The highest BCUT2D eigenvalue weighted by molar-refractivity contribution is 5.44. The van der Waals surface area contributed by atoms with Crippen molar-refractivity contribution in [3.63, 3.8) is 0 Å². The van der Waals surface area contributed by atoms with E-state index in [2.05, 4.69) is 19.2 Å². The van der Waals surface area contributed by atoms with Crippen molar-refractivity contribution < 1.29 is 14.6 Å². The van der Waals surface area contributed by atoms with Crippen LogP contribution in [0.5, 0.6) is 11.5 Å². The molecule has 1 aromatic carbocycles. The number of fused-ring (bicyclic) bond motifs is 1. The number of ether oxygens (including phenoxy) is 2. The number of nitrogens with one attached hydrogen (secondary N) is 1. The lowest BCUT2D eigenvalue weighted by Crippen LogP contribution is -2.29. The molecule has 1 aromatic rings. The summed E-state index contributed by atoms with van der Waals surface area (Å²) in [6, 6.07) is 5.73. The van der Waals surface area contributed by atoms with Crippen LogP contribution in [0.25, 0.3) is 0 Å². The minimum atomic E-state index is -0.866. The van der Waals surface area contributed by atoms with E-state index in [0.29, 0.717) is 25.6 Å². The molecule has 0 saturated heterocycles. The van der Waals surface area contributed by atoms with Gasteiger partial charge >= 0.3 is 0 Å². The first-order chi connectivity index (χ1) is 9.99. The van der Waals surface area contributed by atoms with Crippen LogP contribution in [0.4, 0.5) is 0 Å². The highest BCUT2D eigenvalue weighted by Gasteiger charge is 2.24. The second-order valence-corrected chi connectivity index (χ2v) is 6.33. The molecule has 118 valence electrons. The lowest BCUT2D eigenvalue weighted by molar-refractivity contribution is 0.0475. The lowest BCUT2D eigenvalue weighted by Gasteiger charge is -2.25. The molecule has 21 heavy (non-hydrogen) atoms. The van der Waals surface area contributed by atoms with Crippen LogP contribution in [0.3, 0.4) is 0 Å². The molecule has 0 aromatic heterocycles. The van der Waals surface area contributed by atoms with Crippen molar-refractivity contribution in [2.24, 2.45) is 5.92 Å². The van der Waals surface area contributed by atoms with Gasteiger partial charge in [-0.2, -0.15) is 0 Å². The molecule has 1 unspecified atom stereocenters. The van der Waals surface area contributed by atoms with Crippen LogP contribution in [0.1, 0.15) is 39.2 Å². The fourth-order valence-corrected chi connectivity index (χ4v) is 2.37. The monoisotopic (exact) mass is 293 g/mol. The van der Waals surface area contributed by atoms with Crippen molar-refractivity contribution in [3.8, 4) is 11.5 Å². The fraction of sp³-hybridized carbons (Fsp3) is 0.647.